The molecule has 0 radical (unpaired) electrons. The Morgan fingerprint density at radius 2 is 2.00 bits per heavy atom. The highest BCUT2D eigenvalue weighted by Crippen LogP contribution is 2.22. The summed E-state index contributed by atoms with van der Waals surface area (Å²) in [5.74, 6) is 0. The molecule has 0 bridgehead atoms. The Labute approximate surface area is 102 Å². The molecule has 16 heavy (non-hydrogen) atoms. The first kappa shape index (κ1) is 14.0. The highest BCUT2D eigenvalue weighted by molar-refractivity contribution is 4.77. The molecule has 2 nitrogen and oxygen atoms in total. The summed E-state index contributed by atoms with van der Waals surface area (Å²) in [7, 11) is 0. The summed E-state index contributed by atoms with van der Waals surface area (Å²) >= 11 is 0. The van der Waals surface area contributed by atoms with Gasteiger partial charge in [-0.2, -0.15) is 0 Å². The van der Waals surface area contributed by atoms with Crippen LogP contribution >= 0.6 is 0 Å². The van der Waals surface area contributed by atoms with Crippen LogP contribution in [-0.4, -0.2) is 37.1 Å². The van der Waals surface area contributed by atoms with Crippen LogP contribution in [0.25, 0.3) is 0 Å². The summed E-state index contributed by atoms with van der Waals surface area (Å²) in [4.78, 5) is 2.67. The summed E-state index contributed by atoms with van der Waals surface area (Å²) in [6, 6.07) is 0.743. The van der Waals surface area contributed by atoms with Crippen molar-refractivity contribution in [3.8, 4) is 0 Å². The van der Waals surface area contributed by atoms with Crippen molar-refractivity contribution in [3.63, 3.8) is 0 Å². The fourth-order valence-corrected chi connectivity index (χ4v) is 2.38. The minimum absolute atomic E-state index is 0.480. The molecule has 0 aromatic carbocycles. The largest absolute Gasteiger partial charge is 0.314 e. The van der Waals surface area contributed by atoms with E-state index in [-0.39, 0.29) is 0 Å². The minimum atomic E-state index is 0.480. The Morgan fingerprint density at radius 1 is 1.25 bits per heavy atom. The standard InChI is InChI=1S/C14H30N2/c1-5-13-8-11-16(10-7-9-15-13)12-14(3,4)6-2/h13,15H,5-12H2,1-4H3. The molecule has 1 unspecified atom stereocenters. The molecule has 1 N–H and O–H groups in total. The van der Waals surface area contributed by atoms with E-state index in [0.717, 1.165) is 6.04 Å². The van der Waals surface area contributed by atoms with E-state index >= 15 is 0 Å². The van der Waals surface area contributed by atoms with Crippen LogP contribution in [-0.2, 0) is 0 Å². The van der Waals surface area contributed by atoms with E-state index < -0.39 is 0 Å². The van der Waals surface area contributed by atoms with Crippen LogP contribution in [0.4, 0.5) is 0 Å². The lowest BCUT2D eigenvalue weighted by Crippen LogP contribution is -2.42. The third kappa shape index (κ3) is 4.84. The van der Waals surface area contributed by atoms with E-state index in [1.807, 2.05) is 0 Å². The minimum Gasteiger partial charge on any atom is -0.314 e. The lowest BCUT2D eigenvalue weighted by molar-refractivity contribution is 0.155. The van der Waals surface area contributed by atoms with E-state index in [1.54, 1.807) is 0 Å². The molecule has 0 aromatic rings. The second-order valence-corrected chi connectivity index (χ2v) is 6.00. The maximum Gasteiger partial charge on any atom is 0.00766 e. The van der Waals surface area contributed by atoms with Crippen LogP contribution in [0.3, 0.4) is 0 Å². The number of nitrogens with zero attached hydrogens (tertiary/aromatic N) is 1. The van der Waals surface area contributed by atoms with Gasteiger partial charge in [0.15, 0.2) is 0 Å². The van der Waals surface area contributed by atoms with Crippen LogP contribution in [0.1, 0.15) is 53.4 Å². The van der Waals surface area contributed by atoms with Crippen molar-refractivity contribution in [2.24, 2.45) is 5.41 Å². The SMILES string of the molecule is CCC1CCN(CC(C)(C)CC)CCCN1. The zero-order valence-corrected chi connectivity index (χ0v) is 11.7. The second-order valence-electron chi connectivity index (χ2n) is 6.00. The van der Waals surface area contributed by atoms with Gasteiger partial charge in [0.05, 0.1) is 0 Å². The molecule has 0 spiro atoms. The predicted molar refractivity (Wildman–Crippen MR) is 71.8 cm³/mol. The lowest BCUT2D eigenvalue weighted by Gasteiger charge is -2.34. The Balaban J connectivity index is 2.41. The van der Waals surface area contributed by atoms with Crippen molar-refractivity contribution in [3.05, 3.63) is 0 Å². The van der Waals surface area contributed by atoms with Crippen LogP contribution in [0, 0.1) is 5.41 Å². The molecule has 0 aliphatic carbocycles. The van der Waals surface area contributed by atoms with Crippen LogP contribution < -0.4 is 5.32 Å². The van der Waals surface area contributed by atoms with Gasteiger partial charge in [0.1, 0.15) is 0 Å². The molecule has 96 valence electrons. The first-order valence-electron chi connectivity index (χ1n) is 7.03. The Kier molecular flexibility index (Phi) is 5.77. The first-order chi connectivity index (χ1) is 7.57. The van der Waals surface area contributed by atoms with Crippen molar-refractivity contribution < 1.29 is 0 Å². The van der Waals surface area contributed by atoms with E-state index in [4.69, 9.17) is 0 Å². The topological polar surface area (TPSA) is 15.3 Å². The fourth-order valence-electron chi connectivity index (χ4n) is 2.38. The van der Waals surface area contributed by atoms with Gasteiger partial charge in [0.2, 0.25) is 0 Å². The number of rotatable bonds is 4. The molecular formula is C14H30N2. The number of hydrogen-bond acceptors (Lipinski definition) is 2. The Hall–Kier alpha value is -0.0800. The lowest BCUT2D eigenvalue weighted by atomic mass is 9.89. The summed E-state index contributed by atoms with van der Waals surface area (Å²) in [6.45, 7) is 14.4. The molecular weight excluding hydrogens is 196 g/mol. The van der Waals surface area contributed by atoms with Crippen LogP contribution in [0.15, 0.2) is 0 Å². The van der Waals surface area contributed by atoms with Gasteiger partial charge < -0.3 is 10.2 Å². The van der Waals surface area contributed by atoms with Gasteiger partial charge >= 0.3 is 0 Å². The summed E-state index contributed by atoms with van der Waals surface area (Å²) in [5.41, 5.74) is 0.480. The highest BCUT2D eigenvalue weighted by Gasteiger charge is 2.21. The van der Waals surface area contributed by atoms with Gasteiger partial charge in [-0.25, -0.2) is 0 Å². The van der Waals surface area contributed by atoms with Gasteiger partial charge in [-0.1, -0.05) is 27.7 Å². The Morgan fingerprint density at radius 3 is 2.62 bits per heavy atom. The van der Waals surface area contributed by atoms with Gasteiger partial charge in [0, 0.05) is 12.6 Å². The van der Waals surface area contributed by atoms with Gasteiger partial charge in [-0.15, -0.1) is 0 Å². The third-order valence-corrected chi connectivity index (χ3v) is 3.98. The Bertz CT molecular complexity index is 189. The average Bonchev–Trinajstić information content (AvgIpc) is 2.23. The molecule has 0 amide bonds. The summed E-state index contributed by atoms with van der Waals surface area (Å²) < 4.78 is 0. The normalized spacial score (nSPS) is 25.1. The maximum atomic E-state index is 3.64. The monoisotopic (exact) mass is 226 g/mol. The number of nitrogens with one attached hydrogen (secondary N) is 1. The smallest absolute Gasteiger partial charge is 0.00766 e. The van der Waals surface area contributed by atoms with E-state index in [1.165, 1.54) is 51.9 Å². The van der Waals surface area contributed by atoms with Crippen LogP contribution in [0.2, 0.25) is 0 Å². The van der Waals surface area contributed by atoms with E-state index in [0.29, 0.717) is 5.41 Å². The average molecular weight is 226 g/mol. The summed E-state index contributed by atoms with van der Waals surface area (Å²) in [5, 5.41) is 3.64. The van der Waals surface area contributed by atoms with Crippen molar-refractivity contribution in [1.29, 1.82) is 0 Å². The molecule has 0 aromatic heterocycles. The quantitative estimate of drug-likeness (QED) is 0.793. The van der Waals surface area contributed by atoms with Crippen molar-refractivity contribution in [1.82, 2.24) is 10.2 Å². The number of hydrogen-bond donors (Lipinski definition) is 1. The van der Waals surface area contributed by atoms with Crippen molar-refractivity contribution in [2.45, 2.75) is 59.4 Å². The first-order valence-corrected chi connectivity index (χ1v) is 7.03. The molecule has 2 heteroatoms. The molecule has 1 heterocycles. The van der Waals surface area contributed by atoms with Crippen molar-refractivity contribution in [2.75, 3.05) is 26.2 Å². The molecule has 1 aliphatic heterocycles. The van der Waals surface area contributed by atoms with Gasteiger partial charge in [-0.3, -0.25) is 0 Å². The molecule has 1 aliphatic rings. The summed E-state index contributed by atoms with van der Waals surface area (Å²) in [6.07, 6.45) is 5.16. The zero-order chi connectivity index (χ0) is 12.0. The van der Waals surface area contributed by atoms with Crippen LogP contribution in [0.5, 0.6) is 0 Å². The van der Waals surface area contributed by atoms with E-state index in [9.17, 15) is 0 Å². The molecule has 1 atom stereocenters. The fraction of sp³-hybridized carbons (Fsp3) is 1.00. The molecule has 1 saturated heterocycles. The predicted octanol–water partition coefficient (Wildman–Crippen LogP) is 2.89. The zero-order valence-electron chi connectivity index (χ0n) is 11.7. The van der Waals surface area contributed by atoms with Gasteiger partial charge in [-0.05, 0) is 50.7 Å². The second kappa shape index (κ2) is 6.61. The highest BCUT2D eigenvalue weighted by atomic mass is 15.1. The maximum absolute atomic E-state index is 3.64. The van der Waals surface area contributed by atoms with Gasteiger partial charge in [0.25, 0.3) is 0 Å². The van der Waals surface area contributed by atoms with Crippen molar-refractivity contribution >= 4 is 0 Å². The molecule has 0 saturated carbocycles. The third-order valence-electron chi connectivity index (χ3n) is 3.98. The molecule has 1 rings (SSSR count). The molecule has 1 fully saturated rings. The van der Waals surface area contributed by atoms with E-state index in [2.05, 4.69) is 37.9 Å².